The smallest absolute Gasteiger partial charge is 0.119 e. The summed E-state index contributed by atoms with van der Waals surface area (Å²) in [5.74, 6) is 1.69. The third kappa shape index (κ3) is 4.48. The van der Waals surface area contributed by atoms with E-state index in [1.165, 1.54) is 0 Å². The maximum atomic E-state index is 5.99. The normalized spacial score (nSPS) is 12.0. The molecule has 0 aliphatic carbocycles. The SMILES string of the molecule is COc1ccc(C(CBr)OCc2cccc(OC)c2)cc1. The van der Waals surface area contributed by atoms with Crippen LogP contribution in [0.4, 0.5) is 0 Å². The predicted octanol–water partition coefficient (Wildman–Crippen LogP) is 4.36. The summed E-state index contributed by atoms with van der Waals surface area (Å²) in [5, 5.41) is 0.739. The van der Waals surface area contributed by atoms with E-state index in [2.05, 4.69) is 15.9 Å². The van der Waals surface area contributed by atoms with Crippen molar-refractivity contribution in [3.63, 3.8) is 0 Å². The third-order valence-corrected chi connectivity index (χ3v) is 3.80. The van der Waals surface area contributed by atoms with E-state index in [1.54, 1.807) is 14.2 Å². The van der Waals surface area contributed by atoms with Crippen LogP contribution >= 0.6 is 15.9 Å². The lowest BCUT2D eigenvalue weighted by Crippen LogP contribution is -2.06. The minimum atomic E-state index is 0.00195. The van der Waals surface area contributed by atoms with Crippen molar-refractivity contribution in [1.82, 2.24) is 0 Å². The highest BCUT2D eigenvalue weighted by Gasteiger charge is 2.11. The Bertz CT molecular complexity index is 554. The molecule has 0 bridgehead atoms. The molecule has 112 valence electrons. The molecule has 0 aliphatic rings. The van der Waals surface area contributed by atoms with E-state index in [1.807, 2.05) is 48.5 Å². The van der Waals surface area contributed by atoms with Gasteiger partial charge in [0.05, 0.1) is 26.9 Å². The van der Waals surface area contributed by atoms with E-state index in [4.69, 9.17) is 14.2 Å². The molecule has 3 nitrogen and oxygen atoms in total. The molecule has 0 heterocycles. The lowest BCUT2D eigenvalue weighted by molar-refractivity contribution is 0.0565. The standard InChI is InChI=1S/C17H19BrO3/c1-19-15-8-6-14(7-9-15)17(11-18)21-12-13-4-3-5-16(10-13)20-2/h3-10,17H,11-12H2,1-2H3. The van der Waals surface area contributed by atoms with Crippen molar-refractivity contribution in [2.45, 2.75) is 12.7 Å². The van der Waals surface area contributed by atoms with Crippen molar-refractivity contribution >= 4 is 15.9 Å². The molecule has 0 amide bonds. The Morgan fingerprint density at radius 3 is 2.29 bits per heavy atom. The molecule has 0 N–H and O–H groups in total. The fourth-order valence-corrected chi connectivity index (χ4v) is 2.57. The largest absolute Gasteiger partial charge is 0.497 e. The number of alkyl halides is 1. The number of ether oxygens (including phenoxy) is 3. The first-order valence-electron chi connectivity index (χ1n) is 6.71. The number of hydrogen-bond acceptors (Lipinski definition) is 3. The van der Waals surface area contributed by atoms with Gasteiger partial charge in [-0.1, -0.05) is 40.2 Å². The number of halogens is 1. The summed E-state index contributed by atoms with van der Waals surface area (Å²) >= 11 is 3.51. The first-order chi connectivity index (χ1) is 10.3. The van der Waals surface area contributed by atoms with E-state index >= 15 is 0 Å². The van der Waals surface area contributed by atoms with Crippen LogP contribution in [-0.4, -0.2) is 19.5 Å². The number of benzene rings is 2. The summed E-state index contributed by atoms with van der Waals surface area (Å²) in [4.78, 5) is 0. The number of hydrogen-bond donors (Lipinski definition) is 0. The van der Waals surface area contributed by atoms with Crippen molar-refractivity contribution in [3.8, 4) is 11.5 Å². The molecule has 0 fully saturated rings. The van der Waals surface area contributed by atoms with Crippen LogP contribution in [0.3, 0.4) is 0 Å². The Morgan fingerprint density at radius 2 is 1.67 bits per heavy atom. The quantitative estimate of drug-likeness (QED) is 0.694. The molecule has 0 saturated carbocycles. The van der Waals surface area contributed by atoms with Gasteiger partial charge in [0.2, 0.25) is 0 Å². The van der Waals surface area contributed by atoms with Gasteiger partial charge in [-0.05, 0) is 35.4 Å². The molecule has 0 aromatic heterocycles. The molecule has 2 rings (SSSR count). The molecule has 2 aromatic carbocycles. The third-order valence-electron chi connectivity index (χ3n) is 3.21. The maximum Gasteiger partial charge on any atom is 0.119 e. The Balaban J connectivity index is 2.01. The van der Waals surface area contributed by atoms with Crippen molar-refractivity contribution < 1.29 is 14.2 Å². The van der Waals surface area contributed by atoms with Crippen LogP contribution in [0.1, 0.15) is 17.2 Å². The fourth-order valence-electron chi connectivity index (χ4n) is 2.01. The van der Waals surface area contributed by atoms with Crippen LogP contribution in [0.25, 0.3) is 0 Å². The minimum Gasteiger partial charge on any atom is -0.497 e. The second-order valence-electron chi connectivity index (χ2n) is 4.58. The van der Waals surface area contributed by atoms with E-state index in [-0.39, 0.29) is 6.10 Å². The second kappa shape index (κ2) is 8.05. The zero-order chi connectivity index (χ0) is 15.1. The van der Waals surface area contributed by atoms with Gasteiger partial charge in [0.1, 0.15) is 11.5 Å². The van der Waals surface area contributed by atoms with Crippen molar-refractivity contribution in [1.29, 1.82) is 0 Å². The second-order valence-corrected chi connectivity index (χ2v) is 5.23. The molecule has 0 aliphatic heterocycles. The Hall–Kier alpha value is -1.52. The average Bonchev–Trinajstić information content (AvgIpc) is 2.56. The van der Waals surface area contributed by atoms with Gasteiger partial charge in [0.15, 0.2) is 0 Å². The summed E-state index contributed by atoms with van der Waals surface area (Å²) in [5.41, 5.74) is 2.21. The summed E-state index contributed by atoms with van der Waals surface area (Å²) in [6.07, 6.45) is 0.00195. The van der Waals surface area contributed by atoms with E-state index in [9.17, 15) is 0 Å². The zero-order valence-corrected chi connectivity index (χ0v) is 13.8. The van der Waals surface area contributed by atoms with E-state index in [0.29, 0.717) is 6.61 Å². The van der Waals surface area contributed by atoms with Crippen LogP contribution in [0, 0.1) is 0 Å². The Labute approximate surface area is 134 Å². The van der Waals surface area contributed by atoms with Gasteiger partial charge < -0.3 is 14.2 Å². The first kappa shape index (κ1) is 15.9. The molecule has 21 heavy (non-hydrogen) atoms. The lowest BCUT2D eigenvalue weighted by atomic mass is 10.1. The summed E-state index contributed by atoms with van der Waals surface area (Å²) < 4.78 is 16.4. The first-order valence-corrected chi connectivity index (χ1v) is 7.83. The Morgan fingerprint density at radius 1 is 0.952 bits per heavy atom. The average molecular weight is 351 g/mol. The zero-order valence-electron chi connectivity index (χ0n) is 12.2. The number of methoxy groups -OCH3 is 2. The molecule has 0 saturated heterocycles. The van der Waals surface area contributed by atoms with Gasteiger partial charge in [0, 0.05) is 5.33 Å². The van der Waals surface area contributed by atoms with Crippen LogP contribution in [-0.2, 0) is 11.3 Å². The molecule has 2 aromatic rings. The topological polar surface area (TPSA) is 27.7 Å². The van der Waals surface area contributed by atoms with Crippen molar-refractivity contribution in [2.75, 3.05) is 19.5 Å². The molecular formula is C17H19BrO3. The van der Waals surface area contributed by atoms with Crippen molar-refractivity contribution in [2.24, 2.45) is 0 Å². The van der Waals surface area contributed by atoms with Gasteiger partial charge in [0.25, 0.3) is 0 Å². The number of rotatable bonds is 7. The summed E-state index contributed by atoms with van der Waals surface area (Å²) in [6.45, 7) is 0.541. The molecule has 1 unspecified atom stereocenters. The monoisotopic (exact) mass is 350 g/mol. The molecule has 4 heteroatoms. The fraction of sp³-hybridized carbons (Fsp3) is 0.294. The maximum absolute atomic E-state index is 5.99. The molecule has 0 radical (unpaired) electrons. The van der Waals surface area contributed by atoms with Gasteiger partial charge in [-0.3, -0.25) is 0 Å². The lowest BCUT2D eigenvalue weighted by Gasteiger charge is -2.16. The van der Waals surface area contributed by atoms with Gasteiger partial charge in [-0.2, -0.15) is 0 Å². The van der Waals surface area contributed by atoms with Gasteiger partial charge >= 0.3 is 0 Å². The molecule has 1 atom stereocenters. The minimum absolute atomic E-state index is 0.00195. The van der Waals surface area contributed by atoms with Crippen molar-refractivity contribution in [3.05, 3.63) is 59.7 Å². The Kier molecular flexibility index (Phi) is 6.08. The highest BCUT2D eigenvalue weighted by Crippen LogP contribution is 2.24. The van der Waals surface area contributed by atoms with Crippen LogP contribution in [0.2, 0.25) is 0 Å². The van der Waals surface area contributed by atoms with Gasteiger partial charge in [-0.15, -0.1) is 0 Å². The molecule has 0 spiro atoms. The molecular weight excluding hydrogens is 332 g/mol. The van der Waals surface area contributed by atoms with Gasteiger partial charge in [-0.25, -0.2) is 0 Å². The highest BCUT2D eigenvalue weighted by atomic mass is 79.9. The summed E-state index contributed by atoms with van der Waals surface area (Å²) in [7, 11) is 3.33. The van der Waals surface area contributed by atoms with Crippen LogP contribution in [0.15, 0.2) is 48.5 Å². The van der Waals surface area contributed by atoms with Crippen LogP contribution in [0.5, 0.6) is 11.5 Å². The summed E-state index contributed by atoms with van der Waals surface area (Å²) in [6, 6.07) is 15.8. The highest BCUT2D eigenvalue weighted by molar-refractivity contribution is 9.09. The van der Waals surface area contributed by atoms with E-state index in [0.717, 1.165) is 28.0 Å². The predicted molar refractivity (Wildman–Crippen MR) is 87.3 cm³/mol. The van der Waals surface area contributed by atoms with Crippen LogP contribution < -0.4 is 9.47 Å². The van der Waals surface area contributed by atoms with E-state index < -0.39 is 0 Å².